The fourth-order valence-electron chi connectivity index (χ4n) is 3.78. The quantitative estimate of drug-likeness (QED) is 0.706. The van der Waals surface area contributed by atoms with Crippen molar-refractivity contribution in [1.29, 1.82) is 0 Å². The number of carbonyl (C=O) groups excluding carboxylic acids is 1. The zero-order chi connectivity index (χ0) is 19.4. The van der Waals surface area contributed by atoms with Crippen molar-refractivity contribution in [2.75, 3.05) is 6.61 Å². The Hall–Kier alpha value is -1.89. The molecule has 146 valence electrons. The minimum absolute atomic E-state index is 0.0970. The van der Waals surface area contributed by atoms with Crippen LogP contribution < -0.4 is 5.32 Å². The fourth-order valence-corrected chi connectivity index (χ4v) is 4.14. The van der Waals surface area contributed by atoms with Crippen LogP contribution in [-0.4, -0.2) is 44.7 Å². The molecule has 1 aliphatic carbocycles. The lowest BCUT2D eigenvalue weighted by Crippen LogP contribution is -2.49. The maximum atomic E-state index is 12.8. The molecule has 2 unspecified atom stereocenters. The Kier molecular flexibility index (Phi) is 6.52. The van der Waals surface area contributed by atoms with Gasteiger partial charge in [-0.05, 0) is 37.8 Å². The maximum Gasteiger partial charge on any atom is 0.256 e. The van der Waals surface area contributed by atoms with Gasteiger partial charge in [-0.1, -0.05) is 49.1 Å². The lowest BCUT2D eigenvalue weighted by molar-refractivity contribution is 0.0278. The monoisotopic (exact) mass is 391 g/mol. The number of aliphatic hydroxyl groups is 2. The number of benzene rings is 1. The molecule has 6 nitrogen and oxygen atoms in total. The normalized spacial score (nSPS) is 17.5. The summed E-state index contributed by atoms with van der Waals surface area (Å²) in [6.07, 6.45) is 4.37. The van der Waals surface area contributed by atoms with Gasteiger partial charge in [-0.25, -0.2) is 4.68 Å². The van der Waals surface area contributed by atoms with E-state index in [4.69, 9.17) is 11.6 Å². The van der Waals surface area contributed by atoms with Crippen molar-refractivity contribution in [3.63, 3.8) is 0 Å². The van der Waals surface area contributed by atoms with Crippen LogP contribution in [0.1, 0.15) is 48.2 Å². The van der Waals surface area contributed by atoms with Crippen LogP contribution in [0.15, 0.2) is 30.3 Å². The number of hydrogen-bond donors (Lipinski definition) is 3. The van der Waals surface area contributed by atoms with Gasteiger partial charge in [0.05, 0.1) is 35.7 Å². The largest absolute Gasteiger partial charge is 0.394 e. The third-order valence-electron chi connectivity index (χ3n) is 5.29. The summed E-state index contributed by atoms with van der Waals surface area (Å²) in [6.45, 7) is 1.39. The second-order valence-corrected chi connectivity index (χ2v) is 7.51. The van der Waals surface area contributed by atoms with Crippen LogP contribution in [0.3, 0.4) is 0 Å². The molecule has 0 spiro atoms. The van der Waals surface area contributed by atoms with Crippen molar-refractivity contribution >= 4 is 17.5 Å². The molecule has 0 aliphatic heterocycles. The first-order valence-electron chi connectivity index (χ1n) is 9.43. The Morgan fingerprint density at radius 3 is 2.59 bits per heavy atom. The van der Waals surface area contributed by atoms with Gasteiger partial charge in [0.15, 0.2) is 0 Å². The third-order valence-corrected chi connectivity index (χ3v) is 5.64. The summed E-state index contributed by atoms with van der Waals surface area (Å²) in [5.74, 6) is -0.339. The number of rotatable bonds is 6. The summed E-state index contributed by atoms with van der Waals surface area (Å²) in [4.78, 5) is 12.8. The van der Waals surface area contributed by atoms with Crippen LogP contribution in [0.5, 0.6) is 0 Å². The van der Waals surface area contributed by atoms with Crippen molar-refractivity contribution in [1.82, 2.24) is 15.1 Å². The number of nitrogens with zero attached hydrogens (tertiary/aromatic N) is 2. The Morgan fingerprint density at radius 2 is 1.96 bits per heavy atom. The first-order chi connectivity index (χ1) is 13.0. The van der Waals surface area contributed by atoms with Crippen molar-refractivity contribution in [2.45, 2.75) is 51.2 Å². The summed E-state index contributed by atoms with van der Waals surface area (Å²) < 4.78 is 1.51. The first-order valence-corrected chi connectivity index (χ1v) is 9.81. The van der Waals surface area contributed by atoms with E-state index in [1.165, 1.54) is 11.1 Å². The predicted molar refractivity (Wildman–Crippen MR) is 104 cm³/mol. The van der Waals surface area contributed by atoms with E-state index in [1.807, 2.05) is 30.3 Å². The van der Waals surface area contributed by atoms with Crippen LogP contribution in [0.2, 0.25) is 5.15 Å². The van der Waals surface area contributed by atoms with Gasteiger partial charge in [0.2, 0.25) is 0 Å². The predicted octanol–water partition coefficient (Wildman–Crippen LogP) is 2.87. The number of hydrogen-bond acceptors (Lipinski definition) is 4. The van der Waals surface area contributed by atoms with Gasteiger partial charge in [0, 0.05) is 0 Å². The molecule has 1 fully saturated rings. The molecule has 2 atom stereocenters. The molecule has 3 N–H and O–H groups in total. The van der Waals surface area contributed by atoms with Crippen LogP contribution in [-0.2, 0) is 0 Å². The van der Waals surface area contributed by atoms with Crippen molar-refractivity contribution in [2.24, 2.45) is 5.92 Å². The molecule has 1 aliphatic rings. The molecule has 1 heterocycles. The fraction of sp³-hybridized carbons (Fsp3) is 0.500. The van der Waals surface area contributed by atoms with Crippen molar-refractivity contribution in [3.8, 4) is 5.69 Å². The second-order valence-electron chi connectivity index (χ2n) is 7.15. The molecule has 7 heteroatoms. The highest BCUT2D eigenvalue weighted by atomic mass is 35.5. The molecule has 1 aromatic carbocycles. The smallest absolute Gasteiger partial charge is 0.256 e. The van der Waals surface area contributed by atoms with Crippen LogP contribution in [0, 0.1) is 12.8 Å². The van der Waals surface area contributed by atoms with Crippen LogP contribution in [0.4, 0.5) is 0 Å². The van der Waals surface area contributed by atoms with E-state index >= 15 is 0 Å². The SMILES string of the molecule is Cc1nn(-c2ccccc2)c(Cl)c1C(=O)NC(CO)C(O)C1CCCCC1. The van der Waals surface area contributed by atoms with Crippen molar-refractivity contribution < 1.29 is 15.0 Å². The molecule has 0 radical (unpaired) electrons. The molecule has 2 aromatic rings. The van der Waals surface area contributed by atoms with Crippen molar-refractivity contribution in [3.05, 3.63) is 46.7 Å². The summed E-state index contributed by atoms with van der Waals surface area (Å²) in [5, 5.41) is 27.7. The number of aromatic nitrogens is 2. The number of amides is 1. The molecule has 3 rings (SSSR count). The maximum absolute atomic E-state index is 12.8. The number of nitrogens with one attached hydrogen (secondary N) is 1. The average Bonchev–Trinajstić information content (AvgIpc) is 3.01. The molecule has 0 saturated heterocycles. The lowest BCUT2D eigenvalue weighted by atomic mass is 9.82. The summed E-state index contributed by atoms with van der Waals surface area (Å²) in [5.41, 5.74) is 1.51. The van der Waals surface area contributed by atoms with Gasteiger partial charge in [0.1, 0.15) is 5.15 Å². The number of para-hydroxylation sites is 1. The Balaban J connectivity index is 1.78. The first kappa shape index (κ1) is 19.9. The molecular formula is C20H26ClN3O3. The van der Waals surface area contributed by atoms with E-state index in [0.29, 0.717) is 5.69 Å². The number of aryl methyl sites for hydroxylation is 1. The Labute approximate surface area is 164 Å². The molecule has 1 aromatic heterocycles. The van der Waals surface area contributed by atoms with E-state index in [2.05, 4.69) is 10.4 Å². The average molecular weight is 392 g/mol. The topological polar surface area (TPSA) is 87.4 Å². The summed E-state index contributed by atoms with van der Waals surface area (Å²) in [7, 11) is 0. The van der Waals surface area contributed by atoms with E-state index in [0.717, 1.165) is 31.4 Å². The van der Waals surface area contributed by atoms with Gasteiger partial charge in [-0.2, -0.15) is 5.10 Å². The summed E-state index contributed by atoms with van der Waals surface area (Å²) in [6, 6.07) is 8.60. The minimum Gasteiger partial charge on any atom is -0.394 e. The second kappa shape index (κ2) is 8.87. The third kappa shape index (κ3) is 4.34. The van der Waals surface area contributed by atoms with Gasteiger partial charge >= 0.3 is 0 Å². The van der Waals surface area contributed by atoms with E-state index in [-0.39, 0.29) is 23.2 Å². The zero-order valence-corrected chi connectivity index (χ0v) is 16.2. The highest BCUT2D eigenvalue weighted by Gasteiger charge is 2.31. The lowest BCUT2D eigenvalue weighted by Gasteiger charge is -2.31. The highest BCUT2D eigenvalue weighted by Crippen LogP contribution is 2.28. The molecular weight excluding hydrogens is 366 g/mol. The van der Waals surface area contributed by atoms with E-state index in [9.17, 15) is 15.0 Å². The summed E-state index contributed by atoms with van der Waals surface area (Å²) >= 11 is 6.43. The molecule has 1 amide bonds. The molecule has 27 heavy (non-hydrogen) atoms. The van der Waals surface area contributed by atoms with Gasteiger partial charge < -0.3 is 15.5 Å². The number of aliphatic hydroxyl groups excluding tert-OH is 2. The Bertz CT molecular complexity index is 772. The van der Waals surface area contributed by atoms with Gasteiger partial charge in [-0.3, -0.25) is 4.79 Å². The zero-order valence-electron chi connectivity index (χ0n) is 15.4. The van der Waals surface area contributed by atoms with Gasteiger partial charge in [-0.15, -0.1) is 0 Å². The van der Waals surface area contributed by atoms with Gasteiger partial charge in [0.25, 0.3) is 5.91 Å². The highest BCUT2D eigenvalue weighted by molar-refractivity contribution is 6.33. The van der Waals surface area contributed by atoms with E-state index < -0.39 is 18.1 Å². The number of carbonyl (C=O) groups is 1. The molecule has 1 saturated carbocycles. The Morgan fingerprint density at radius 1 is 1.30 bits per heavy atom. The van der Waals surface area contributed by atoms with E-state index in [1.54, 1.807) is 6.92 Å². The molecule has 0 bridgehead atoms. The standard InChI is InChI=1S/C20H26ClN3O3/c1-13-17(19(21)24(23-13)15-10-6-3-7-11-15)20(27)22-16(12-25)18(26)14-8-4-2-5-9-14/h3,6-7,10-11,14,16,18,25-26H,2,4-5,8-9,12H2,1H3,(H,22,27). The van der Waals surface area contributed by atoms with Crippen LogP contribution >= 0.6 is 11.6 Å². The number of halogens is 1. The minimum atomic E-state index is -0.775. The van der Waals surface area contributed by atoms with Crippen LogP contribution in [0.25, 0.3) is 5.69 Å².